The van der Waals surface area contributed by atoms with E-state index in [2.05, 4.69) is 18.1 Å². The smallest absolute Gasteiger partial charge is 0.0733 e. The molecule has 0 fully saturated rings. The maximum Gasteiger partial charge on any atom is 0.0733 e. The van der Waals surface area contributed by atoms with Gasteiger partial charge in [0.25, 0.3) is 0 Å². The highest BCUT2D eigenvalue weighted by Gasteiger charge is 1.97. The molecule has 0 spiro atoms. The van der Waals surface area contributed by atoms with E-state index in [1.807, 2.05) is 54.6 Å². The van der Waals surface area contributed by atoms with E-state index in [9.17, 15) is 0 Å². The molecule has 19 heavy (non-hydrogen) atoms. The molecule has 2 rings (SSSR count). The Balaban J connectivity index is 1.81. The van der Waals surface area contributed by atoms with E-state index in [-0.39, 0.29) is 0 Å². The summed E-state index contributed by atoms with van der Waals surface area (Å²) in [4.78, 5) is 0. The summed E-state index contributed by atoms with van der Waals surface area (Å²) in [5.41, 5.74) is 3.13. The minimum atomic E-state index is 0.541. The molecular weight excluding hydrogens is 232 g/mol. The van der Waals surface area contributed by atoms with E-state index in [1.54, 1.807) is 0 Å². The molecule has 0 aliphatic carbocycles. The van der Waals surface area contributed by atoms with Gasteiger partial charge in [-0.15, -0.1) is 6.42 Å². The predicted octanol–water partition coefficient (Wildman–Crippen LogP) is 3.90. The van der Waals surface area contributed by atoms with Crippen LogP contribution in [-0.2, 0) is 11.3 Å². The normalized spacial score (nSPS) is 10.5. The fourth-order valence-electron chi connectivity index (χ4n) is 1.77. The van der Waals surface area contributed by atoms with E-state index < -0.39 is 0 Å². The third kappa shape index (κ3) is 4.13. The van der Waals surface area contributed by atoms with E-state index in [0.29, 0.717) is 13.2 Å². The van der Waals surface area contributed by atoms with Crippen LogP contribution in [0.15, 0.2) is 60.7 Å². The van der Waals surface area contributed by atoms with Crippen molar-refractivity contribution in [3.8, 4) is 12.3 Å². The molecule has 0 heterocycles. The zero-order chi connectivity index (χ0) is 13.3. The molecule has 0 atom stereocenters. The van der Waals surface area contributed by atoms with Gasteiger partial charge in [0.15, 0.2) is 0 Å². The van der Waals surface area contributed by atoms with Crippen molar-refractivity contribution in [2.24, 2.45) is 0 Å². The summed E-state index contributed by atoms with van der Waals surface area (Å²) in [7, 11) is 0. The fraction of sp³-hybridized carbons (Fsp3) is 0.111. The Hall–Kier alpha value is -2.30. The number of hydrogen-bond donors (Lipinski definition) is 0. The fourth-order valence-corrected chi connectivity index (χ4v) is 1.77. The lowest BCUT2D eigenvalue weighted by Gasteiger charge is -2.04. The van der Waals surface area contributed by atoms with Crippen molar-refractivity contribution < 1.29 is 4.74 Å². The van der Waals surface area contributed by atoms with Gasteiger partial charge < -0.3 is 4.74 Å². The van der Waals surface area contributed by atoms with Crippen molar-refractivity contribution in [2.45, 2.75) is 6.61 Å². The van der Waals surface area contributed by atoms with Gasteiger partial charge in [-0.1, -0.05) is 66.6 Å². The molecule has 2 aromatic rings. The molecule has 0 saturated carbocycles. The first kappa shape index (κ1) is 13.1. The van der Waals surface area contributed by atoms with Crippen LogP contribution in [0.4, 0.5) is 0 Å². The van der Waals surface area contributed by atoms with Gasteiger partial charge in [-0.2, -0.15) is 0 Å². The van der Waals surface area contributed by atoms with Crippen molar-refractivity contribution in [3.05, 3.63) is 77.4 Å². The van der Waals surface area contributed by atoms with E-state index in [1.165, 1.54) is 5.56 Å². The number of ether oxygens (including phenoxy) is 1. The maximum absolute atomic E-state index is 5.60. The molecule has 1 nitrogen and oxygen atoms in total. The van der Waals surface area contributed by atoms with Crippen molar-refractivity contribution in [2.75, 3.05) is 6.61 Å². The maximum atomic E-state index is 5.60. The summed E-state index contributed by atoms with van der Waals surface area (Å²) in [6, 6.07) is 18.0. The zero-order valence-corrected chi connectivity index (χ0v) is 10.8. The number of benzene rings is 2. The van der Waals surface area contributed by atoms with Gasteiger partial charge in [0.1, 0.15) is 0 Å². The Kier molecular flexibility index (Phi) is 4.98. The van der Waals surface area contributed by atoms with Gasteiger partial charge >= 0.3 is 0 Å². The van der Waals surface area contributed by atoms with Gasteiger partial charge in [0.2, 0.25) is 0 Å². The quantitative estimate of drug-likeness (QED) is 0.576. The first-order valence-electron chi connectivity index (χ1n) is 6.24. The van der Waals surface area contributed by atoms with Crippen molar-refractivity contribution in [1.29, 1.82) is 0 Å². The van der Waals surface area contributed by atoms with Crippen LogP contribution >= 0.6 is 0 Å². The number of terminal acetylenes is 1. The molecule has 1 heteroatoms. The molecule has 0 aliphatic heterocycles. The van der Waals surface area contributed by atoms with Crippen molar-refractivity contribution >= 4 is 6.08 Å². The van der Waals surface area contributed by atoms with Crippen molar-refractivity contribution in [3.63, 3.8) is 0 Å². The number of rotatable bonds is 5. The van der Waals surface area contributed by atoms with E-state index in [0.717, 1.165) is 11.1 Å². The predicted molar refractivity (Wildman–Crippen MR) is 79.5 cm³/mol. The Morgan fingerprint density at radius 2 is 1.74 bits per heavy atom. The van der Waals surface area contributed by atoms with E-state index in [4.69, 9.17) is 11.2 Å². The molecule has 0 aliphatic rings. The minimum absolute atomic E-state index is 0.541. The van der Waals surface area contributed by atoms with E-state index >= 15 is 0 Å². The van der Waals surface area contributed by atoms with Gasteiger partial charge in [0, 0.05) is 5.56 Å². The Bertz CT molecular complexity index is 576. The topological polar surface area (TPSA) is 9.23 Å². The highest BCUT2D eigenvalue weighted by Crippen LogP contribution is 2.08. The Morgan fingerprint density at radius 1 is 1.00 bits per heavy atom. The van der Waals surface area contributed by atoms with Crippen LogP contribution in [0.25, 0.3) is 6.08 Å². The summed E-state index contributed by atoms with van der Waals surface area (Å²) in [6.45, 7) is 1.12. The molecule has 0 amide bonds. The van der Waals surface area contributed by atoms with Gasteiger partial charge in [-0.3, -0.25) is 0 Å². The Labute approximate surface area is 114 Å². The summed E-state index contributed by atoms with van der Waals surface area (Å²) >= 11 is 0. The van der Waals surface area contributed by atoms with Crippen LogP contribution in [0.1, 0.15) is 16.7 Å². The molecule has 0 N–H and O–H groups in total. The lowest BCUT2D eigenvalue weighted by Crippen LogP contribution is -1.95. The average Bonchev–Trinajstić information content (AvgIpc) is 2.48. The lowest BCUT2D eigenvalue weighted by atomic mass is 10.1. The molecule has 0 radical (unpaired) electrons. The van der Waals surface area contributed by atoms with Crippen LogP contribution in [0.3, 0.4) is 0 Å². The average molecular weight is 248 g/mol. The minimum Gasteiger partial charge on any atom is -0.373 e. The van der Waals surface area contributed by atoms with Gasteiger partial charge in [0.05, 0.1) is 13.2 Å². The SMILES string of the molecule is C#Cc1ccccc1COC/C=C/c1ccccc1. The second-order valence-electron chi connectivity index (χ2n) is 4.13. The third-order valence-corrected chi connectivity index (χ3v) is 2.75. The zero-order valence-electron chi connectivity index (χ0n) is 10.8. The lowest BCUT2D eigenvalue weighted by molar-refractivity contribution is 0.149. The molecular formula is C18H16O. The largest absolute Gasteiger partial charge is 0.373 e. The standard InChI is InChI=1S/C18H16O/c1-2-17-12-6-7-13-18(17)15-19-14-8-11-16-9-4-3-5-10-16/h1,3-13H,14-15H2/b11-8+. The molecule has 2 aromatic carbocycles. The van der Waals surface area contributed by atoms with Crippen LogP contribution in [0, 0.1) is 12.3 Å². The monoisotopic (exact) mass is 248 g/mol. The summed E-state index contributed by atoms with van der Waals surface area (Å²) in [5, 5.41) is 0. The third-order valence-electron chi connectivity index (χ3n) is 2.75. The first-order chi connectivity index (χ1) is 9.40. The Morgan fingerprint density at radius 3 is 2.53 bits per heavy atom. The molecule has 0 unspecified atom stereocenters. The van der Waals surface area contributed by atoms with Crippen LogP contribution < -0.4 is 0 Å². The molecule has 94 valence electrons. The van der Waals surface area contributed by atoms with Gasteiger partial charge in [-0.05, 0) is 17.2 Å². The van der Waals surface area contributed by atoms with Crippen LogP contribution in [-0.4, -0.2) is 6.61 Å². The summed E-state index contributed by atoms with van der Waals surface area (Å²) in [6.07, 6.45) is 9.49. The van der Waals surface area contributed by atoms with Crippen molar-refractivity contribution in [1.82, 2.24) is 0 Å². The molecule has 0 saturated heterocycles. The highest BCUT2D eigenvalue weighted by atomic mass is 16.5. The van der Waals surface area contributed by atoms with Crippen LogP contribution in [0.5, 0.6) is 0 Å². The number of hydrogen-bond acceptors (Lipinski definition) is 1. The van der Waals surface area contributed by atoms with Crippen LogP contribution in [0.2, 0.25) is 0 Å². The highest BCUT2D eigenvalue weighted by molar-refractivity contribution is 5.48. The summed E-state index contributed by atoms with van der Waals surface area (Å²) in [5.74, 6) is 2.66. The van der Waals surface area contributed by atoms with Gasteiger partial charge in [-0.25, -0.2) is 0 Å². The second kappa shape index (κ2) is 7.20. The molecule has 0 bridgehead atoms. The second-order valence-corrected chi connectivity index (χ2v) is 4.13. The molecule has 0 aromatic heterocycles. The first-order valence-corrected chi connectivity index (χ1v) is 6.24. The summed E-state index contributed by atoms with van der Waals surface area (Å²) < 4.78 is 5.60.